The predicted octanol–water partition coefficient (Wildman–Crippen LogP) is 2.45. The van der Waals surface area contributed by atoms with Crippen LogP contribution in [0.15, 0.2) is 24.3 Å². The van der Waals surface area contributed by atoms with Crippen LogP contribution in [0, 0.1) is 18.8 Å². The van der Waals surface area contributed by atoms with Gasteiger partial charge in [0.05, 0.1) is 5.92 Å². The van der Waals surface area contributed by atoms with Crippen LogP contribution >= 0.6 is 0 Å². The highest BCUT2D eigenvalue weighted by atomic mass is 16.4. The molecule has 2 heterocycles. The number of benzene rings is 1. The smallest absolute Gasteiger partial charge is 0.303 e. The van der Waals surface area contributed by atoms with E-state index in [1.807, 2.05) is 36.1 Å². The van der Waals surface area contributed by atoms with Crippen LogP contribution in [0.5, 0.6) is 0 Å². The van der Waals surface area contributed by atoms with Gasteiger partial charge in [0.1, 0.15) is 0 Å². The molecule has 27 heavy (non-hydrogen) atoms. The molecule has 2 aliphatic heterocycles. The summed E-state index contributed by atoms with van der Waals surface area (Å²) in [5.74, 6) is -0.504. The van der Waals surface area contributed by atoms with Crippen molar-refractivity contribution in [1.29, 1.82) is 0 Å². The number of nitrogens with zero attached hydrogens (tertiary/aromatic N) is 2. The fourth-order valence-electron chi connectivity index (χ4n) is 4.03. The number of carbonyl (C=O) groups excluding carboxylic acids is 2. The van der Waals surface area contributed by atoms with Crippen LogP contribution < -0.4 is 0 Å². The Kier molecular flexibility index (Phi) is 6.14. The summed E-state index contributed by atoms with van der Waals surface area (Å²) in [5.41, 5.74) is 2.27. The van der Waals surface area contributed by atoms with Crippen molar-refractivity contribution in [3.05, 3.63) is 35.4 Å². The molecule has 2 aliphatic rings. The summed E-state index contributed by atoms with van der Waals surface area (Å²) >= 11 is 0. The van der Waals surface area contributed by atoms with Gasteiger partial charge in [0.15, 0.2) is 0 Å². The Morgan fingerprint density at radius 1 is 1.15 bits per heavy atom. The van der Waals surface area contributed by atoms with E-state index in [0.29, 0.717) is 44.9 Å². The van der Waals surface area contributed by atoms with E-state index in [1.54, 1.807) is 4.90 Å². The maximum atomic E-state index is 12.8. The molecule has 0 saturated carbocycles. The highest BCUT2D eigenvalue weighted by Gasteiger charge is 2.37. The van der Waals surface area contributed by atoms with E-state index in [9.17, 15) is 14.4 Å². The second kappa shape index (κ2) is 8.55. The van der Waals surface area contributed by atoms with Gasteiger partial charge in [-0.2, -0.15) is 0 Å². The van der Waals surface area contributed by atoms with Gasteiger partial charge < -0.3 is 14.9 Å². The standard InChI is InChI=1S/C21H28N2O4/c1-15-2-4-17(5-3-15)13-23-14-18(12-19(23)24)21(27)22-10-8-16(9-11-22)6-7-20(25)26/h2-5,16,18H,6-14H2,1H3,(H,25,26)/t18-/m1/s1. The summed E-state index contributed by atoms with van der Waals surface area (Å²) in [6.07, 6.45) is 2.89. The number of piperidine rings is 1. The first-order valence-electron chi connectivity index (χ1n) is 9.76. The number of hydrogen-bond donors (Lipinski definition) is 1. The lowest BCUT2D eigenvalue weighted by atomic mass is 9.91. The molecular weight excluding hydrogens is 344 g/mol. The maximum Gasteiger partial charge on any atom is 0.303 e. The van der Waals surface area contributed by atoms with E-state index >= 15 is 0 Å². The van der Waals surface area contributed by atoms with Gasteiger partial charge in [-0.15, -0.1) is 0 Å². The van der Waals surface area contributed by atoms with Crippen molar-refractivity contribution < 1.29 is 19.5 Å². The van der Waals surface area contributed by atoms with Gasteiger partial charge in [-0.3, -0.25) is 14.4 Å². The van der Waals surface area contributed by atoms with Crippen LogP contribution in [-0.2, 0) is 20.9 Å². The first kappa shape index (κ1) is 19.4. The van der Waals surface area contributed by atoms with E-state index in [1.165, 1.54) is 5.56 Å². The quantitative estimate of drug-likeness (QED) is 0.832. The molecular formula is C21H28N2O4. The van der Waals surface area contributed by atoms with Crippen molar-refractivity contribution in [1.82, 2.24) is 9.80 Å². The summed E-state index contributed by atoms with van der Waals surface area (Å²) in [7, 11) is 0. The molecule has 146 valence electrons. The lowest BCUT2D eigenvalue weighted by Gasteiger charge is -2.33. The summed E-state index contributed by atoms with van der Waals surface area (Å²) in [4.78, 5) is 39.5. The van der Waals surface area contributed by atoms with Crippen molar-refractivity contribution in [2.45, 2.75) is 45.6 Å². The second-order valence-electron chi connectivity index (χ2n) is 7.86. The molecule has 1 aromatic carbocycles. The third-order valence-corrected chi connectivity index (χ3v) is 5.75. The van der Waals surface area contributed by atoms with Crippen LogP contribution in [0.25, 0.3) is 0 Å². The van der Waals surface area contributed by atoms with Crippen molar-refractivity contribution in [3.63, 3.8) is 0 Å². The molecule has 0 bridgehead atoms. The van der Waals surface area contributed by atoms with Gasteiger partial charge in [-0.1, -0.05) is 29.8 Å². The molecule has 0 aromatic heterocycles. The number of hydrogen-bond acceptors (Lipinski definition) is 3. The van der Waals surface area contributed by atoms with Crippen LogP contribution in [0.4, 0.5) is 0 Å². The number of carbonyl (C=O) groups is 3. The molecule has 0 aliphatic carbocycles. The van der Waals surface area contributed by atoms with Gasteiger partial charge >= 0.3 is 5.97 Å². The normalized spacial score (nSPS) is 20.9. The molecule has 1 atom stereocenters. The Balaban J connectivity index is 1.49. The molecule has 0 unspecified atom stereocenters. The monoisotopic (exact) mass is 372 g/mol. The fraction of sp³-hybridized carbons (Fsp3) is 0.571. The molecule has 6 nitrogen and oxygen atoms in total. The molecule has 3 rings (SSSR count). The molecule has 0 radical (unpaired) electrons. The zero-order chi connectivity index (χ0) is 19.4. The number of carboxylic acid groups (broad SMARTS) is 1. The van der Waals surface area contributed by atoms with Crippen LogP contribution in [0.2, 0.25) is 0 Å². The van der Waals surface area contributed by atoms with Gasteiger partial charge in [0, 0.05) is 39.0 Å². The third-order valence-electron chi connectivity index (χ3n) is 5.75. The molecule has 1 aromatic rings. The van der Waals surface area contributed by atoms with Gasteiger partial charge in [0.25, 0.3) is 0 Å². The SMILES string of the molecule is Cc1ccc(CN2C[C@H](C(=O)N3CCC(CCC(=O)O)CC3)CC2=O)cc1. The minimum absolute atomic E-state index is 0.0465. The fourth-order valence-corrected chi connectivity index (χ4v) is 4.03. The number of aryl methyl sites for hydroxylation is 1. The van der Waals surface area contributed by atoms with E-state index in [0.717, 1.165) is 18.4 Å². The zero-order valence-corrected chi connectivity index (χ0v) is 15.9. The zero-order valence-electron chi connectivity index (χ0n) is 15.9. The van der Waals surface area contributed by atoms with Crippen molar-refractivity contribution >= 4 is 17.8 Å². The Labute approximate surface area is 160 Å². The maximum absolute atomic E-state index is 12.8. The highest BCUT2D eigenvalue weighted by Crippen LogP contribution is 2.26. The van der Waals surface area contributed by atoms with E-state index in [4.69, 9.17) is 5.11 Å². The summed E-state index contributed by atoms with van der Waals surface area (Å²) in [5, 5.41) is 8.80. The Morgan fingerprint density at radius 3 is 2.44 bits per heavy atom. The lowest BCUT2D eigenvalue weighted by Crippen LogP contribution is -2.42. The van der Waals surface area contributed by atoms with Crippen LogP contribution in [0.3, 0.4) is 0 Å². The summed E-state index contributed by atoms with van der Waals surface area (Å²) in [6.45, 7) is 4.42. The van der Waals surface area contributed by atoms with Gasteiger partial charge in [-0.25, -0.2) is 0 Å². The molecule has 2 fully saturated rings. The summed E-state index contributed by atoms with van der Waals surface area (Å²) in [6, 6.07) is 8.12. The number of likely N-dealkylation sites (tertiary alicyclic amines) is 2. The largest absolute Gasteiger partial charge is 0.481 e. The topological polar surface area (TPSA) is 77.9 Å². The Morgan fingerprint density at radius 2 is 1.81 bits per heavy atom. The van der Waals surface area contributed by atoms with E-state index < -0.39 is 5.97 Å². The Bertz CT molecular complexity index is 693. The van der Waals surface area contributed by atoms with Crippen molar-refractivity contribution in [2.24, 2.45) is 11.8 Å². The predicted molar refractivity (Wildman–Crippen MR) is 101 cm³/mol. The van der Waals surface area contributed by atoms with Crippen molar-refractivity contribution in [3.8, 4) is 0 Å². The van der Waals surface area contributed by atoms with Crippen molar-refractivity contribution in [2.75, 3.05) is 19.6 Å². The van der Waals surface area contributed by atoms with Gasteiger partial charge in [0.2, 0.25) is 11.8 Å². The molecule has 2 amide bonds. The number of carboxylic acids is 1. The number of amides is 2. The molecule has 1 N–H and O–H groups in total. The van der Waals surface area contributed by atoms with Gasteiger partial charge in [-0.05, 0) is 37.7 Å². The number of rotatable bonds is 6. The molecule has 0 spiro atoms. The lowest BCUT2D eigenvalue weighted by molar-refractivity contribution is -0.139. The van der Waals surface area contributed by atoms with Crippen LogP contribution in [0.1, 0.15) is 43.2 Å². The average molecular weight is 372 g/mol. The van der Waals surface area contributed by atoms with E-state index in [2.05, 4.69) is 0 Å². The molecule has 6 heteroatoms. The minimum atomic E-state index is -0.758. The molecule has 2 saturated heterocycles. The highest BCUT2D eigenvalue weighted by molar-refractivity contribution is 5.89. The minimum Gasteiger partial charge on any atom is -0.481 e. The summed E-state index contributed by atoms with van der Waals surface area (Å²) < 4.78 is 0. The average Bonchev–Trinajstić information content (AvgIpc) is 3.02. The second-order valence-corrected chi connectivity index (χ2v) is 7.86. The van der Waals surface area contributed by atoms with E-state index in [-0.39, 0.29) is 24.2 Å². The first-order valence-corrected chi connectivity index (χ1v) is 9.76. The third kappa shape index (κ3) is 5.08. The Hall–Kier alpha value is -2.37. The number of aliphatic carboxylic acids is 1. The first-order chi connectivity index (χ1) is 12.9. The van der Waals surface area contributed by atoms with Crippen LogP contribution in [-0.4, -0.2) is 52.3 Å².